The Morgan fingerprint density at radius 1 is 0.477 bits per heavy atom. The fourth-order valence-corrected chi connectivity index (χ4v) is 6.32. The molecule has 44 heavy (non-hydrogen) atoms. The second-order valence-electron chi connectivity index (χ2n) is 19.2. The molecule has 0 spiro atoms. The van der Waals surface area contributed by atoms with Gasteiger partial charge in [-0.25, -0.2) is 9.97 Å². The lowest BCUT2D eigenvalue weighted by Gasteiger charge is -2.32. The van der Waals surface area contributed by atoms with E-state index < -0.39 is 0 Å². The van der Waals surface area contributed by atoms with Crippen LogP contribution >= 0.6 is 0 Å². The van der Waals surface area contributed by atoms with Crippen LogP contribution in [0, 0.1) is 21.7 Å². The predicted octanol–water partition coefficient (Wildman–Crippen LogP) is 11.0. The van der Waals surface area contributed by atoms with Crippen molar-refractivity contribution in [2.24, 2.45) is 21.7 Å². The molecule has 2 heterocycles. The molecule has 0 aliphatic rings. The summed E-state index contributed by atoms with van der Waals surface area (Å²) in [5, 5.41) is 0. The minimum atomic E-state index is 0.149. The first-order chi connectivity index (χ1) is 19.9. The minimum absolute atomic E-state index is 0.149. The van der Waals surface area contributed by atoms with Crippen molar-refractivity contribution in [3.05, 3.63) is 70.8 Å². The standard InChI is InChI=1S/C40H66N4/c1-35(2,3)23-31-27-41-33(43-31)25-38(9,10)19-20-39(11,12)26-34-42-28-32(44-34)24-37(7,8)21-22-40(13,14)30-17-15-29(16-18-30)36(4,5)6/h15-18,27-28H,19-26H2,1-14H3,(H,41,43)(H,42,44). The molecule has 0 unspecified atom stereocenters. The van der Waals surface area contributed by atoms with E-state index >= 15 is 0 Å². The van der Waals surface area contributed by atoms with Gasteiger partial charge in [0.15, 0.2) is 0 Å². The molecule has 246 valence electrons. The highest BCUT2D eigenvalue weighted by atomic mass is 14.9. The number of aromatic amines is 2. The van der Waals surface area contributed by atoms with E-state index in [1.165, 1.54) is 28.9 Å². The molecule has 0 amide bonds. The van der Waals surface area contributed by atoms with Crippen molar-refractivity contribution in [3.63, 3.8) is 0 Å². The second kappa shape index (κ2) is 13.2. The van der Waals surface area contributed by atoms with Gasteiger partial charge in [-0.15, -0.1) is 0 Å². The maximum Gasteiger partial charge on any atom is 0.106 e. The van der Waals surface area contributed by atoms with Crippen LogP contribution in [0.25, 0.3) is 0 Å². The van der Waals surface area contributed by atoms with Gasteiger partial charge < -0.3 is 9.97 Å². The Kier molecular flexibility index (Phi) is 10.8. The third-order valence-electron chi connectivity index (χ3n) is 9.48. The molecule has 4 nitrogen and oxygen atoms in total. The van der Waals surface area contributed by atoms with Crippen LogP contribution in [0.5, 0.6) is 0 Å². The van der Waals surface area contributed by atoms with Crippen LogP contribution in [0.15, 0.2) is 36.7 Å². The van der Waals surface area contributed by atoms with Crippen molar-refractivity contribution in [3.8, 4) is 0 Å². The first-order valence-electron chi connectivity index (χ1n) is 17.1. The Balaban J connectivity index is 1.51. The lowest BCUT2D eigenvalue weighted by atomic mass is 9.73. The number of aromatic nitrogens is 4. The van der Waals surface area contributed by atoms with E-state index in [4.69, 9.17) is 9.97 Å². The van der Waals surface area contributed by atoms with Gasteiger partial charge in [-0.2, -0.15) is 0 Å². The Hall–Kier alpha value is -2.36. The molecular weight excluding hydrogens is 536 g/mol. The monoisotopic (exact) mass is 603 g/mol. The van der Waals surface area contributed by atoms with Gasteiger partial charge in [-0.05, 0) is 82.1 Å². The number of nitrogens with one attached hydrogen (secondary N) is 2. The number of nitrogens with zero attached hydrogens (tertiary/aromatic N) is 2. The Morgan fingerprint density at radius 2 is 0.864 bits per heavy atom. The number of hydrogen-bond acceptors (Lipinski definition) is 2. The highest BCUT2D eigenvalue weighted by molar-refractivity contribution is 5.31. The van der Waals surface area contributed by atoms with E-state index in [0.717, 1.165) is 56.6 Å². The van der Waals surface area contributed by atoms with E-state index in [0.29, 0.717) is 0 Å². The number of benzene rings is 1. The first-order valence-corrected chi connectivity index (χ1v) is 17.1. The Bertz CT molecular complexity index is 1320. The van der Waals surface area contributed by atoms with Gasteiger partial charge in [-0.3, -0.25) is 0 Å². The quantitative estimate of drug-likeness (QED) is 0.193. The SMILES string of the molecule is CC(C)(C)Cc1cnc(CC(C)(C)CCC(C)(C)Cc2ncc(CC(C)(C)CCC(C)(C)c3ccc(C(C)(C)C)cc3)[nH]2)[nH]1. The summed E-state index contributed by atoms with van der Waals surface area (Å²) >= 11 is 0. The molecule has 2 aromatic heterocycles. The lowest BCUT2D eigenvalue weighted by molar-refractivity contribution is 0.231. The maximum atomic E-state index is 4.84. The van der Waals surface area contributed by atoms with Gasteiger partial charge in [0.25, 0.3) is 0 Å². The highest BCUT2D eigenvalue weighted by Gasteiger charge is 2.29. The van der Waals surface area contributed by atoms with E-state index in [2.05, 4.69) is 137 Å². The van der Waals surface area contributed by atoms with Crippen molar-refractivity contribution < 1.29 is 0 Å². The molecule has 3 aromatic rings. The molecular formula is C40H66N4. The zero-order chi connectivity index (χ0) is 33.2. The number of rotatable bonds is 14. The van der Waals surface area contributed by atoms with Crippen LogP contribution in [0.4, 0.5) is 0 Å². The van der Waals surface area contributed by atoms with Crippen molar-refractivity contribution in [1.82, 2.24) is 19.9 Å². The number of hydrogen-bond donors (Lipinski definition) is 2. The van der Waals surface area contributed by atoms with Crippen LogP contribution in [-0.2, 0) is 36.5 Å². The third kappa shape index (κ3) is 11.5. The van der Waals surface area contributed by atoms with Crippen molar-refractivity contribution in [1.29, 1.82) is 0 Å². The van der Waals surface area contributed by atoms with E-state index in [9.17, 15) is 0 Å². The number of H-pyrrole nitrogens is 2. The molecule has 1 aromatic carbocycles. The molecule has 3 rings (SSSR count). The zero-order valence-corrected chi connectivity index (χ0v) is 31.0. The summed E-state index contributed by atoms with van der Waals surface area (Å²) in [7, 11) is 0. The highest BCUT2D eigenvalue weighted by Crippen LogP contribution is 2.38. The topological polar surface area (TPSA) is 57.4 Å². The average Bonchev–Trinajstić information content (AvgIpc) is 3.48. The van der Waals surface area contributed by atoms with Crippen molar-refractivity contribution >= 4 is 0 Å². The van der Waals surface area contributed by atoms with Crippen molar-refractivity contribution in [2.45, 2.75) is 159 Å². The largest absolute Gasteiger partial charge is 0.346 e. The number of imidazole rings is 2. The normalized spacial score (nSPS) is 14.0. The third-order valence-corrected chi connectivity index (χ3v) is 9.48. The predicted molar refractivity (Wildman–Crippen MR) is 189 cm³/mol. The summed E-state index contributed by atoms with van der Waals surface area (Å²) in [6.07, 6.45) is 12.8. The smallest absolute Gasteiger partial charge is 0.106 e. The van der Waals surface area contributed by atoms with E-state index in [1.807, 2.05) is 6.20 Å². The molecule has 0 atom stereocenters. The summed E-state index contributed by atoms with van der Waals surface area (Å²) in [6, 6.07) is 9.33. The van der Waals surface area contributed by atoms with E-state index in [1.54, 1.807) is 0 Å². The lowest BCUT2D eigenvalue weighted by Crippen LogP contribution is -2.24. The van der Waals surface area contributed by atoms with Crippen LogP contribution in [-0.4, -0.2) is 19.9 Å². The zero-order valence-electron chi connectivity index (χ0n) is 31.0. The fourth-order valence-electron chi connectivity index (χ4n) is 6.32. The average molecular weight is 603 g/mol. The first kappa shape index (κ1) is 36.1. The van der Waals surface area contributed by atoms with Gasteiger partial charge in [0.05, 0.1) is 0 Å². The molecule has 0 saturated carbocycles. The van der Waals surface area contributed by atoms with Gasteiger partial charge in [-0.1, -0.05) is 121 Å². The van der Waals surface area contributed by atoms with Crippen LogP contribution in [0.3, 0.4) is 0 Å². The van der Waals surface area contributed by atoms with Crippen molar-refractivity contribution in [2.75, 3.05) is 0 Å². The van der Waals surface area contributed by atoms with Gasteiger partial charge in [0.1, 0.15) is 11.6 Å². The molecule has 0 fully saturated rings. The van der Waals surface area contributed by atoms with Crippen LogP contribution in [0.1, 0.15) is 157 Å². The molecule has 4 heteroatoms. The van der Waals surface area contributed by atoms with Gasteiger partial charge in [0, 0.05) is 36.6 Å². The van der Waals surface area contributed by atoms with Crippen LogP contribution < -0.4 is 0 Å². The summed E-state index contributed by atoms with van der Waals surface area (Å²) in [5.41, 5.74) is 6.51. The van der Waals surface area contributed by atoms with Gasteiger partial charge in [0.2, 0.25) is 0 Å². The summed E-state index contributed by atoms with van der Waals surface area (Å²) in [4.78, 5) is 16.9. The molecule has 2 N–H and O–H groups in total. The molecule has 0 bridgehead atoms. The molecule has 0 aliphatic heterocycles. The van der Waals surface area contributed by atoms with Gasteiger partial charge >= 0.3 is 0 Å². The summed E-state index contributed by atoms with van der Waals surface area (Å²) < 4.78 is 0. The minimum Gasteiger partial charge on any atom is -0.346 e. The van der Waals surface area contributed by atoms with Crippen LogP contribution in [0.2, 0.25) is 0 Å². The fraction of sp³-hybridized carbons (Fsp3) is 0.700. The second-order valence-corrected chi connectivity index (χ2v) is 19.2. The molecule has 0 saturated heterocycles. The summed E-state index contributed by atoms with van der Waals surface area (Å²) in [5.74, 6) is 2.24. The molecule has 0 aliphatic carbocycles. The Morgan fingerprint density at radius 3 is 1.30 bits per heavy atom. The maximum absolute atomic E-state index is 4.84. The molecule has 0 radical (unpaired) electrons. The Labute approximate surface area is 271 Å². The van der Waals surface area contributed by atoms with E-state index in [-0.39, 0.29) is 32.5 Å². The summed E-state index contributed by atoms with van der Waals surface area (Å²) in [6.45, 7) is 32.8.